The largest absolute Gasteiger partial charge is 0.501 e. The van der Waals surface area contributed by atoms with Crippen LogP contribution in [0.4, 0.5) is 5.69 Å². The summed E-state index contributed by atoms with van der Waals surface area (Å²) >= 11 is 0. The number of methoxy groups -OCH3 is 1. The van der Waals surface area contributed by atoms with Gasteiger partial charge in [-0.1, -0.05) is 0 Å². The molecule has 20 heavy (non-hydrogen) atoms. The zero-order chi connectivity index (χ0) is 14.7. The fourth-order valence-electron chi connectivity index (χ4n) is 1.82. The van der Waals surface area contributed by atoms with Gasteiger partial charge in [0, 0.05) is 17.1 Å². The van der Waals surface area contributed by atoms with Crippen LogP contribution in [0.2, 0.25) is 0 Å². The second kappa shape index (κ2) is 5.19. The molecular formula is C12H9N4O4+. The number of fused-ring (bicyclic) bond motifs is 1. The Hall–Kier alpha value is -3.21. The van der Waals surface area contributed by atoms with Gasteiger partial charge in [0.25, 0.3) is 5.69 Å². The molecule has 1 heterocycles. The van der Waals surface area contributed by atoms with Crippen LogP contribution in [0.15, 0.2) is 30.6 Å². The summed E-state index contributed by atoms with van der Waals surface area (Å²) in [4.78, 5) is 17.2. The van der Waals surface area contributed by atoms with E-state index in [-0.39, 0.29) is 28.3 Å². The van der Waals surface area contributed by atoms with Crippen molar-refractivity contribution in [3.05, 3.63) is 51.2 Å². The SMILES string of the molecule is COc1cc([N+](=O)[O-])c2nccc(C(O)=C[N+]#N)c2c1. The van der Waals surface area contributed by atoms with Crippen molar-refractivity contribution in [2.24, 2.45) is 0 Å². The summed E-state index contributed by atoms with van der Waals surface area (Å²) in [6.45, 7) is 0. The van der Waals surface area contributed by atoms with Crippen molar-refractivity contribution in [2.45, 2.75) is 0 Å². The van der Waals surface area contributed by atoms with Crippen LogP contribution >= 0.6 is 0 Å². The molecule has 0 unspecified atom stereocenters. The van der Waals surface area contributed by atoms with Crippen molar-refractivity contribution < 1.29 is 14.8 Å². The summed E-state index contributed by atoms with van der Waals surface area (Å²) in [6, 6.07) is 4.20. The lowest BCUT2D eigenvalue weighted by atomic mass is 10.1. The Labute approximate surface area is 112 Å². The van der Waals surface area contributed by atoms with E-state index in [1.165, 1.54) is 31.5 Å². The number of aliphatic hydroxyl groups is 1. The summed E-state index contributed by atoms with van der Waals surface area (Å²) in [6.07, 6.45) is 2.14. The molecule has 0 aliphatic carbocycles. The third-order valence-electron chi connectivity index (χ3n) is 2.69. The van der Waals surface area contributed by atoms with E-state index >= 15 is 0 Å². The zero-order valence-electron chi connectivity index (χ0n) is 10.3. The van der Waals surface area contributed by atoms with Crippen LogP contribution in [-0.4, -0.2) is 22.1 Å². The van der Waals surface area contributed by atoms with Crippen LogP contribution in [0, 0.1) is 15.5 Å². The molecule has 1 N–H and O–H groups in total. The maximum Gasteiger partial charge on any atom is 0.392 e. The van der Waals surface area contributed by atoms with Gasteiger partial charge >= 0.3 is 6.20 Å². The quantitative estimate of drug-likeness (QED) is 0.398. The van der Waals surface area contributed by atoms with Gasteiger partial charge in [-0.25, -0.2) is 4.98 Å². The molecule has 0 aliphatic rings. The summed E-state index contributed by atoms with van der Waals surface area (Å²) < 4.78 is 5.00. The lowest BCUT2D eigenvalue weighted by Crippen LogP contribution is -1.96. The normalized spacial score (nSPS) is 11.1. The average molecular weight is 273 g/mol. The number of aliphatic hydroxyl groups excluding tert-OH is 1. The van der Waals surface area contributed by atoms with E-state index < -0.39 is 4.92 Å². The van der Waals surface area contributed by atoms with Gasteiger partial charge in [0.2, 0.25) is 11.2 Å². The third-order valence-corrected chi connectivity index (χ3v) is 2.69. The Morgan fingerprint density at radius 3 is 2.95 bits per heavy atom. The number of rotatable bonds is 3. The van der Waals surface area contributed by atoms with Gasteiger partial charge in [-0.15, -0.1) is 0 Å². The monoisotopic (exact) mass is 273 g/mol. The molecular weight excluding hydrogens is 264 g/mol. The first kappa shape index (κ1) is 13.2. The summed E-state index contributed by atoms with van der Waals surface area (Å²) in [5.41, 5.74) is 0.107. The molecule has 1 aromatic heterocycles. The van der Waals surface area contributed by atoms with E-state index in [0.717, 1.165) is 6.20 Å². The Balaban J connectivity index is 2.87. The molecule has 0 aliphatic heterocycles. The number of diazo groups is 1. The number of nitro groups is 1. The van der Waals surface area contributed by atoms with Crippen LogP contribution in [0.3, 0.4) is 0 Å². The maximum atomic E-state index is 11.1. The molecule has 0 bridgehead atoms. The molecule has 0 radical (unpaired) electrons. The van der Waals surface area contributed by atoms with Gasteiger partial charge in [0.1, 0.15) is 11.3 Å². The van der Waals surface area contributed by atoms with Crippen LogP contribution < -0.4 is 4.74 Å². The smallest absolute Gasteiger partial charge is 0.392 e. The molecule has 2 rings (SSSR count). The lowest BCUT2D eigenvalue weighted by molar-refractivity contribution is -0.383. The van der Waals surface area contributed by atoms with E-state index in [2.05, 4.69) is 9.96 Å². The molecule has 0 atom stereocenters. The van der Waals surface area contributed by atoms with Crippen LogP contribution in [0.25, 0.3) is 21.6 Å². The first-order valence-corrected chi connectivity index (χ1v) is 5.43. The minimum absolute atomic E-state index is 0.103. The van der Waals surface area contributed by atoms with Crippen molar-refractivity contribution in [2.75, 3.05) is 7.11 Å². The van der Waals surface area contributed by atoms with E-state index in [0.29, 0.717) is 5.39 Å². The predicted octanol–water partition coefficient (Wildman–Crippen LogP) is 2.86. The minimum atomic E-state index is -0.585. The second-order valence-corrected chi connectivity index (χ2v) is 3.79. The molecule has 0 saturated heterocycles. The van der Waals surface area contributed by atoms with Crippen molar-refractivity contribution in [3.63, 3.8) is 0 Å². The van der Waals surface area contributed by atoms with Gasteiger partial charge in [-0.3, -0.25) is 10.1 Å². The molecule has 0 amide bonds. The van der Waals surface area contributed by atoms with Crippen molar-refractivity contribution in [3.8, 4) is 5.75 Å². The predicted molar refractivity (Wildman–Crippen MR) is 70.6 cm³/mol. The number of hydrogen-bond acceptors (Lipinski definition) is 6. The number of hydrogen-bond donors (Lipinski definition) is 1. The number of benzene rings is 1. The van der Waals surface area contributed by atoms with E-state index in [1.807, 2.05) is 0 Å². The lowest BCUT2D eigenvalue weighted by Gasteiger charge is -2.06. The molecule has 0 spiro atoms. The van der Waals surface area contributed by atoms with Gasteiger partial charge < -0.3 is 9.84 Å². The van der Waals surface area contributed by atoms with Crippen molar-refractivity contribution in [1.82, 2.24) is 4.98 Å². The average Bonchev–Trinajstić information content (AvgIpc) is 2.45. The Morgan fingerprint density at radius 1 is 1.60 bits per heavy atom. The minimum Gasteiger partial charge on any atom is -0.501 e. The standard InChI is InChI=1S/C12H8N4O4/c1-20-7-4-9-8(11(17)6-15-13)2-3-14-12(9)10(5-7)16(18)19/h2-6H,1H3/p+1. The highest BCUT2D eigenvalue weighted by Gasteiger charge is 2.19. The molecule has 8 heteroatoms. The Morgan fingerprint density at radius 2 is 2.35 bits per heavy atom. The maximum absolute atomic E-state index is 11.1. The Kier molecular flexibility index (Phi) is 3.43. The number of nitro benzene ring substituents is 1. The van der Waals surface area contributed by atoms with E-state index in [9.17, 15) is 15.2 Å². The van der Waals surface area contributed by atoms with Crippen molar-refractivity contribution in [1.29, 1.82) is 5.39 Å². The highest BCUT2D eigenvalue weighted by atomic mass is 16.6. The number of nitrogens with zero attached hydrogens (tertiary/aromatic N) is 4. The topological polar surface area (TPSA) is 114 Å². The van der Waals surface area contributed by atoms with Crippen LogP contribution in [-0.2, 0) is 0 Å². The number of pyridine rings is 1. The number of non-ortho nitro benzene ring substituents is 1. The molecule has 0 fully saturated rings. The molecule has 0 saturated carbocycles. The first-order chi connectivity index (χ1) is 9.58. The number of ether oxygens (including phenoxy) is 1. The van der Waals surface area contributed by atoms with Gasteiger partial charge in [0.05, 0.1) is 18.1 Å². The van der Waals surface area contributed by atoms with E-state index in [1.54, 1.807) is 0 Å². The van der Waals surface area contributed by atoms with Crippen LogP contribution in [0.5, 0.6) is 5.75 Å². The zero-order valence-corrected chi connectivity index (χ0v) is 10.3. The van der Waals surface area contributed by atoms with Gasteiger partial charge in [-0.2, -0.15) is 0 Å². The van der Waals surface area contributed by atoms with E-state index in [4.69, 9.17) is 10.1 Å². The van der Waals surface area contributed by atoms with Gasteiger partial charge in [-0.05, 0) is 12.1 Å². The molecule has 2 aromatic rings. The Bertz CT molecular complexity index is 764. The first-order valence-electron chi connectivity index (χ1n) is 5.43. The molecule has 8 nitrogen and oxygen atoms in total. The fraction of sp³-hybridized carbons (Fsp3) is 0.0833. The molecule has 100 valence electrons. The highest BCUT2D eigenvalue weighted by Crippen LogP contribution is 2.33. The summed E-state index contributed by atoms with van der Waals surface area (Å²) in [7, 11) is 1.37. The summed E-state index contributed by atoms with van der Waals surface area (Å²) in [5.74, 6) is -0.0883. The van der Waals surface area contributed by atoms with Gasteiger partial charge in [0.15, 0.2) is 4.98 Å². The highest BCUT2D eigenvalue weighted by molar-refractivity contribution is 5.96. The fourth-order valence-corrected chi connectivity index (χ4v) is 1.82. The van der Waals surface area contributed by atoms with Crippen molar-refractivity contribution >= 4 is 22.3 Å². The third kappa shape index (κ3) is 2.20. The summed E-state index contributed by atoms with van der Waals surface area (Å²) in [5, 5.41) is 29.6. The number of aromatic nitrogens is 1. The molecule has 1 aromatic carbocycles. The van der Waals surface area contributed by atoms with Crippen LogP contribution in [0.1, 0.15) is 5.56 Å². The second-order valence-electron chi connectivity index (χ2n) is 3.79.